The summed E-state index contributed by atoms with van der Waals surface area (Å²) in [4.78, 5) is 19.2. The van der Waals surface area contributed by atoms with Gasteiger partial charge in [-0.15, -0.1) is 0 Å². The van der Waals surface area contributed by atoms with Crippen LogP contribution < -0.4 is 11.3 Å². The maximum absolute atomic E-state index is 12.3. The van der Waals surface area contributed by atoms with E-state index in [0.29, 0.717) is 18.7 Å². The Kier molecular flexibility index (Phi) is 5.03. The van der Waals surface area contributed by atoms with Crippen LogP contribution in [0.3, 0.4) is 0 Å². The minimum atomic E-state index is -0.0499. The lowest BCUT2D eigenvalue weighted by atomic mass is 10.2. The van der Waals surface area contributed by atoms with Gasteiger partial charge in [-0.25, -0.2) is 4.98 Å². The van der Waals surface area contributed by atoms with Crippen LogP contribution in [0.2, 0.25) is 0 Å². The zero-order valence-corrected chi connectivity index (χ0v) is 13.9. The zero-order chi connectivity index (χ0) is 16.9. The Hall–Kier alpha value is -2.50. The normalized spacial score (nSPS) is 11.3. The number of fused-ring (bicyclic) bond motifs is 1. The average molecular weight is 322 g/mol. The fraction of sp³-hybridized carbons (Fsp3) is 0.263. The minimum Gasteiger partial charge on any atom is -0.329 e. The molecule has 5 nitrogen and oxygen atoms in total. The molecule has 2 aromatic heterocycles. The van der Waals surface area contributed by atoms with Gasteiger partial charge in [-0.3, -0.25) is 14.1 Å². The molecule has 0 spiro atoms. The maximum Gasteiger partial charge on any atom is 0.258 e. The van der Waals surface area contributed by atoms with Crippen molar-refractivity contribution in [3.63, 3.8) is 0 Å². The molecule has 5 heteroatoms. The van der Waals surface area contributed by atoms with Gasteiger partial charge in [0.25, 0.3) is 5.56 Å². The smallest absolute Gasteiger partial charge is 0.258 e. The highest BCUT2D eigenvalue weighted by Gasteiger charge is 2.09. The number of aryl methyl sites for hydroxylation is 1. The molecule has 124 valence electrons. The quantitative estimate of drug-likeness (QED) is 0.753. The molecule has 3 rings (SSSR count). The second-order valence-corrected chi connectivity index (χ2v) is 6.01. The number of nitrogens with two attached hydrogens (primary N) is 1. The highest BCUT2D eigenvalue weighted by molar-refractivity contribution is 5.39. The first kappa shape index (κ1) is 16.4. The molecule has 0 aliphatic carbocycles. The highest BCUT2D eigenvalue weighted by atomic mass is 16.1. The lowest BCUT2D eigenvalue weighted by Gasteiger charge is -2.21. The van der Waals surface area contributed by atoms with Crippen LogP contribution in [0.4, 0.5) is 0 Å². The van der Waals surface area contributed by atoms with Gasteiger partial charge in [-0.05, 0) is 24.1 Å². The van der Waals surface area contributed by atoms with E-state index in [1.807, 2.05) is 43.5 Å². The molecule has 3 aromatic rings. The summed E-state index contributed by atoms with van der Waals surface area (Å²) in [5.41, 5.74) is 9.40. The summed E-state index contributed by atoms with van der Waals surface area (Å²) in [7, 11) is 0. The molecule has 0 radical (unpaired) electrons. The summed E-state index contributed by atoms with van der Waals surface area (Å²) in [6, 6.07) is 15.7. The van der Waals surface area contributed by atoms with E-state index in [1.165, 1.54) is 5.56 Å². The fourth-order valence-electron chi connectivity index (χ4n) is 2.81. The van der Waals surface area contributed by atoms with E-state index in [1.54, 1.807) is 10.5 Å². The second-order valence-electron chi connectivity index (χ2n) is 6.01. The second kappa shape index (κ2) is 7.38. The predicted octanol–water partition coefficient (Wildman–Crippen LogP) is 1.96. The van der Waals surface area contributed by atoms with Gasteiger partial charge in [0.2, 0.25) is 0 Å². The molecule has 0 aliphatic heterocycles. The lowest BCUT2D eigenvalue weighted by Crippen LogP contribution is -2.30. The van der Waals surface area contributed by atoms with Crippen molar-refractivity contribution in [1.82, 2.24) is 14.3 Å². The number of benzene rings is 1. The number of hydrogen-bond acceptors (Lipinski definition) is 4. The van der Waals surface area contributed by atoms with E-state index in [2.05, 4.69) is 22.0 Å². The van der Waals surface area contributed by atoms with E-state index in [-0.39, 0.29) is 5.56 Å². The molecule has 0 fully saturated rings. The van der Waals surface area contributed by atoms with Crippen molar-refractivity contribution in [2.75, 3.05) is 13.1 Å². The Morgan fingerprint density at radius 1 is 1.12 bits per heavy atom. The molecular formula is C19H22N4O. The molecular weight excluding hydrogens is 300 g/mol. The predicted molar refractivity (Wildman–Crippen MR) is 95.8 cm³/mol. The molecule has 0 amide bonds. The number of rotatable bonds is 6. The number of pyridine rings is 1. The van der Waals surface area contributed by atoms with Crippen LogP contribution in [-0.2, 0) is 13.1 Å². The van der Waals surface area contributed by atoms with Gasteiger partial charge in [0, 0.05) is 38.4 Å². The van der Waals surface area contributed by atoms with Crippen LogP contribution in [0, 0.1) is 6.92 Å². The summed E-state index contributed by atoms with van der Waals surface area (Å²) >= 11 is 0. The van der Waals surface area contributed by atoms with Crippen LogP contribution in [0.25, 0.3) is 5.65 Å². The lowest BCUT2D eigenvalue weighted by molar-refractivity contribution is 0.261. The SMILES string of the molecule is Cc1ccc2nc(CN(CCN)Cc3ccccc3)cc(=O)n2c1. The van der Waals surface area contributed by atoms with Gasteiger partial charge in [0.1, 0.15) is 5.65 Å². The standard InChI is InChI=1S/C19H22N4O/c1-15-7-8-18-21-17(11-19(24)23(18)12-15)14-22(10-9-20)13-16-5-3-2-4-6-16/h2-8,11-12H,9-10,13-14,20H2,1H3. The van der Waals surface area contributed by atoms with Gasteiger partial charge >= 0.3 is 0 Å². The maximum atomic E-state index is 12.3. The van der Waals surface area contributed by atoms with Crippen molar-refractivity contribution >= 4 is 5.65 Å². The van der Waals surface area contributed by atoms with E-state index in [0.717, 1.165) is 24.3 Å². The molecule has 0 aliphatic rings. The van der Waals surface area contributed by atoms with Crippen molar-refractivity contribution < 1.29 is 0 Å². The van der Waals surface area contributed by atoms with Crippen molar-refractivity contribution in [2.45, 2.75) is 20.0 Å². The van der Waals surface area contributed by atoms with Gasteiger partial charge in [0.15, 0.2) is 0 Å². The Morgan fingerprint density at radius 3 is 2.67 bits per heavy atom. The van der Waals surface area contributed by atoms with Crippen LogP contribution in [-0.4, -0.2) is 27.4 Å². The van der Waals surface area contributed by atoms with E-state index in [4.69, 9.17) is 5.73 Å². The van der Waals surface area contributed by atoms with Gasteiger partial charge in [0.05, 0.1) is 5.69 Å². The number of hydrogen-bond donors (Lipinski definition) is 1. The topological polar surface area (TPSA) is 63.6 Å². The summed E-state index contributed by atoms with van der Waals surface area (Å²) in [6.07, 6.45) is 1.82. The Morgan fingerprint density at radius 2 is 1.92 bits per heavy atom. The van der Waals surface area contributed by atoms with E-state index in [9.17, 15) is 4.79 Å². The molecule has 0 unspecified atom stereocenters. The molecule has 2 heterocycles. The van der Waals surface area contributed by atoms with Crippen LogP contribution >= 0.6 is 0 Å². The van der Waals surface area contributed by atoms with Crippen molar-refractivity contribution in [1.29, 1.82) is 0 Å². The van der Waals surface area contributed by atoms with Crippen molar-refractivity contribution in [3.05, 3.63) is 81.9 Å². The summed E-state index contributed by atoms with van der Waals surface area (Å²) in [5.74, 6) is 0. The minimum absolute atomic E-state index is 0.0499. The molecule has 1 aromatic carbocycles. The third kappa shape index (κ3) is 3.88. The van der Waals surface area contributed by atoms with Crippen LogP contribution in [0.5, 0.6) is 0 Å². The van der Waals surface area contributed by atoms with Gasteiger partial charge in [-0.2, -0.15) is 0 Å². The van der Waals surface area contributed by atoms with Crippen molar-refractivity contribution in [3.8, 4) is 0 Å². The molecule has 24 heavy (non-hydrogen) atoms. The first-order valence-corrected chi connectivity index (χ1v) is 8.11. The third-order valence-electron chi connectivity index (χ3n) is 3.94. The van der Waals surface area contributed by atoms with Crippen LogP contribution in [0.1, 0.15) is 16.8 Å². The molecule has 0 bridgehead atoms. The van der Waals surface area contributed by atoms with Gasteiger partial charge < -0.3 is 5.73 Å². The zero-order valence-electron chi connectivity index (χ0n) is 13.9. The van der Waals surface area contributed by atoms with Gasteiger partial charge in [-0.1, -0.05) is 36.4 Å². The van der Waals surface area contributed by atoms with Crippen LogP contribution in [0.15, 0.2) is 59.5 Å². The monoisotopic (exact) mass is 322 g/mol. The summed E-state index contributed by atoms with van der Waals surface area (Å²) < 4.78 is 1.59. The summed E-state index contributed by atoms with van der Waals surface area (Å²) in [6.45, 7) is 4.67. The Labute approximate surface area is 141 Å². The number of nitrogens with zero attached hydrogens (tertiary/aromatic N) is 3. The largest absolute Gasteiger partial charge is 0.329 e. The molecule has 0 saturated heterocycles. The third-order valence-corrected chi connectivity index (χ3v) is 3.94. The fourth-order valence-corrected chi connectivity index (χ4v) is 2.81. The first-order chi connectivity index (χ1) is 11.7. The number of aromatic nitrogens is 2. The molecule has 0 atom stereocenters. The first-order valence-electron chi connectivity index (χ1n) is 8.11. The Balaban J connectivity index is 1.85. The highest BCUT2D eigenvalue weighted by Crippen LogP contribution is 2.09. The van der Waals surface area contributed by atoms with Crippen molar-refractivity contribution in [2.24, 2.45) is 5.73 Å². The summed E-state index contributed by atoms with van der Waals surface area (Å²) in [5, 5.41) is 0. The average Bonchev–Trinajstić information content (AvgIpc) is 2.57. The Bertz CT molecular complexity index is 873. The molecule has 0 saturated carbocycles. The van der Waals surface area contributed by atoms with E-state index < -0.39 is 0 Å². The van der Waals surface area contributed by atoms with E-state index >= 15 is 0 Å². The molecule has 2 N–H and O–H groups in total.